The summed E-state index contributed by atoms with van der Waals surface area (Å²) in [7, 11) is 0. The molecule has 35 heavy (non-hydrogen) atoms. The highest BCUT2D eigenvalue weighted by atomic mass is 16.5. The molecule has 1 aliphatic heterocycles. The van der Waals surface area contributed by atoms with Crippen LogP contribution in [0.3, 0.4) is 0 Å². The van der Waals surface area contributed by atoms with Crippen LogP contribution in [0.2, 0.25) is 0 Å². The van der Waals surface area contributed by atoms with E-state index in [0.717, 1.165) is 11.1 Å². The van der Waals surface area contributed by atoms with Gasteiger partial charge in [0.05, 0.1) is 17.4 Å². The molecule has 3 aromatic carbocycles. The molecule has 0 atom stereocenters. The van der Waals surface area contributed by atoms with Crippen LogP contribution in [0.1, 0.15) is 52.1 Å². The maximum Gasteiger partial charge on any atom is 0.255 e. The van der Waals surface area contributed by atoms with E-state index >= 15 is 0 Å². The van der Waals surface area contributed by atoms with Crippen LogP contribution in [0, 0.1) is 13.8 Å². The Hall–Kier alpha value is -4.19. The minimum atomic E-state index is -0.543. The molecule has 0 fully saturated rings. The topological polar surface area (TPSA) is 85.6 Å². The summed E-state index contributed by atoms with van der Waals surface area (Å²) in [4.78, 5) is 38.0. The second-order valence-electron chi connectivity index (χ2n) is 9.64. The van der Waals surface area contributed by atoms with E-state index in [1.807, 2.05) is 39.8 Å². The quantitative estimate of drug-likeness (QED) is 0.395. The van der Waals surface area contributed by atoms with Crippen molar-refractivity contribution in [2.24, 2.45) is 0 Å². The van der Waals surface area contributed by atoms with Crippen LogP contribution >= 0.6 is 0 Å². The maximum absolute atomic E-state index is 12.8. The van der Waals surface area contributed by atoms with E-state index in [-0.39, 0.29) is 23.5 Å². The number of nitrogens with one attached hydrogen (secondary N) is 1. The van der Waals surface area contributed by atoms with Crippen molar-refractivity contribution in [3.8, 4) is 17.1 Å². The molecule has 0 bridgehead atoms. The summed E-state index contributed by atoms with van der Waals surface area (Å²) in [5, 5.41) is 3.39. The third-order valence-corrected chi connectivity index (χ3v) is 6.10. The number of ether oxygens (including phenoxy) is 1. The SMILES string of the molecule is Cc1cc(C)c2oc(-c3ccc(C(=O)Nc4ccc5c(c4)C(=O)CC(C)(C)O5)cc3)cc(=O)c2c1. The summed E-state index contributed by atoms with van der Waals surface area (Å²) in [5.74, 6) is 0.639. The molecule has 1 amide bonds. The number of Topliss-reactive ketones (excluding diaryl/α,β-unsaturated/α-hetero) is 1. The Bertz CT molecular complexity index is 1560. The highest BCUT2D eigenvalue weighted by molar-refractivity contribution is 6.06. The Balaban J connectivity index is 1.38. The number of anilines is 1. The molecular formula is C29H25NO5. The van der Waals surface area contributed by atoms with E-state index < -0.39 is 5.60 Å². The Kier molecular flexibility index (Phi) is 5.32. The van der Waals surface area contributed by atoms with Gasteiger partial charge in [-0.25, -0.2) is 0 Å². The standard InChI is InChI=1S/C29H25NO5/c1-16-11-17(2)27-22(12-16)23(31)14-26(34-27)18-5-7-19(8-6-18)28(33)30-20-9-10-25-21(13-20)24(32)15-29(3,4)35-25/h5-14H,15H2,1-4H3,(H,30,33). The lowest BCUT2D eigenvalue weighted by Crippen LogP contribution is -2.35. The lowest BCUT2D eigenvalue weighted by atomic mass is 9.93. The molecule has 1 aromatic heterocycles. The summed E-state index contributed by atoms with van der Waals surface area (Å²) in [6, 6.07) is 17.2. The molecule has 0 saturated heterocycles. The normalized spacial score (nSPS) is 14.3. The summed E-state index contributed by atoms with van der Waals surface area (Å²) in [5.41, 5.74) is 3.93. The van der Waals surface area contributed by atoms with Crippen LogP contribution in [0.25, 0.3) is 22.3 Å². The largest absolute Gasteiger partial charge is 0.487 e. The molecule has 0 saturated carbocycles. The molecule has 0 aliphatic carbocycles. The second-order valence-corrected chi connectivity index (χ2v) is 9.64. The molecule has 176 valence electrons. The van der Waals surface area contributed by atoms with Crippen molar-refractivity contribution in [1.29, 1.82) is 0 Å². The van der Waals surface area contributed by atoms with Crippen LogP contribution in [-0.4, -0.2) is 17.3 Å². The van der Waals surface area contributed by atoms with Crippen LogP contribution in [-0.2, 0) is 0 Å². The van der Waals surface area contributed by atoms with Gasteiger partial charge in [0.2, 0.25) is 0 Å². The second kappa shape index (κ2) is 8.24. The average molecular weight is 468 g/mol. The van der Waals surface area contributed by atoms with E-state index in [2.05, 4.69) is 5.32 Å². The number of amides is 1. The van der Waals surface area contributed by atoms with E-state index in [1.165, 1.54) is 6.07 Å². The average Bonchev–Trinajstić information content (AvgIpc) is 2.79. The first-order valence-corrected chi connectivity index (χ1v) is 11.4. The predicted molar refractivity (Wildman–Crippen MR) is 135 cm³/mol. The zero-order chi connectivity index (χ0) is 24.9. The van der Waals surface area contributed by atoms with Gasteiger partial charge in [-0.2, -0.15) is 0 Å². The molecule has 5 rings (SSSR count). The van der Waals surface area contributed by atoms with Crippen molar-refractivity contribution in [3.63, 3.8) is 0 Å². The van der Waals surface area contributed by atoms with Crippen molar-refractivity contribution < 1.29 is 18.7 Å². The minimum Gasteiger partial charge on any atom is -0.487 e. The maximum atomic E-state index is 12.8. The van der Waals surface area contributed by atoms with Gasteiger partial charge >= 0.3 is 0 Å². The van der Waals surface area contributed by atoms with Gasteiger partial charge < -0.3 is 14.5 Å². The predicted octanol–water partition coefficient (Wildman–Crippen LogP) is 6.07. The van der Waals surface area contributed by atoms with E-state index in [4.69, 9.17) is 9.15 Å². The molecule has 0 radical (unpaired) electrons. The van der Waals surface area contributed by atoms with Crippen molar-refractivity contribution in [1.82, 2.24) is 0 Å². The summed E-state index contributed by atoms with van der Waals surface area (Å²) >= 11 is 0. The fourth-order valence-electron chi connectivity index (χ4n) is 4.47. The van der Waals surface area contributed by atoms with Crippen molar-refractivity contribution in [2.45, 2.75) is 39.7 Å². The van der Waals surface area contributed by atoms with Gasteiger partial charge in [0.15, 0.2) is 11.2 Å². The number of rotatable bonds is 3. The number of benzene rings is 3. The van der Waals surface area contributed by atoms with Gasteiger partial charge in [0.25, 0.3) is 5.91 Å². The van der Waals surface area contributed by atoms with Crippen molar-refractivity contribution in [2.75, 3.05) is 5.32 Å². The van der Waals surface area contributed by atoms with Crippen molar-refractivity contribution >= 4 is 28.3 Å². The number of hydrogen-bond acceptors (Lipinski definition) is 5. The van der Waals surface area contributed by atoms with Gasteiger partial charge in [-0.1, -0.05) is 18.2 Å². The number of aryl methyl sites for hydroxylation is 2. The zero-order valence-electron chi connectivity index (χ0n) is 20.0. The highest BCUT2D eigenvalue weighted by Crippen LogP contribution is 2.34. The molecule has 0 unspecified atom stereocenters. The number of ketones is 1. The fourth-order valence-corrected chi connectivity index (χ4v) is 4.47. The highest BCUT2D eigenvalue weighted by Gasteiger charge is 2.32. The first kappa shape index (κ1) is 22.6. The third-order valence-electron chi connectivity index (χ3n) is 6.10. The zero-order valence-corrected chi connectivity index (χ0v) is 20.0. The van der Waals surface area contributed by atoms with E-state index in [1.54, 1.807) is 42.5 Å². The van der Waals surface area contributed by atoms with Gasteiger partial charge in [-0.15, -0.1) is 0 Å². The lowest BCUT2D eigenvalue weighted by molar-refractivity contribution is 0.0620. The molecule has 1 aliphatic rings. The smallest absolute Gasteiger partial charge is 0.255 e. The van der Waals surface area contributed by atoms with Crippen molar-refractivity contribution in [3.05, 3.63) is 93.1 Å². The van der Waals surface area contributed by atoms with Gasteiger partial charge in [-0.05, 0) is 75.2 Å². The third kappa shape index (κ3) is 4.35. The Morgan fingerprint density at radius 2 is 1.69 bits per heavy atom. The first-order valence-electron chi connectivity index (χ1n) is 11.4. The molecule has 1 N–H and O–H groups in total. The minimum absolute atomic E-state index is 0.0148. The fraction of sp³-hybridized carbons (Fsp3) is 0.207. The molecule has 4 aromatic rings. The van der Waals surface area contributed by atoms with Gasteiger partial charge in [-0.3, -0.25) is 14.4 Å². The molecule has 0 spiro atoms. The van der Waals surface area contributed by atoms with Crippen LogP contribution in [0.15, 0.2) is 69.9 Å². The number of carbonyl (C=O) groups is 2. The molecular weight excluding hydrogens is 442 g/mol. The van der Waals surface area contributed by atoms with Gasteiger partial charge in [0, 0.05) is 22.9 Å². The summed E-state index contributed by atoms with van der Waals surface area (Å²) in [6.45, 7) is 7.60. The summed E-state index contributed by atoms with van der Waals surface area (Å²) in [6.07, 6.45) is 0.281. The van der Waals surface area contributed by atoms with Gasteiger partial charge in [0.1, 0.15) is 22.7 Å². The Morgan fingerprint density at radius 1 is 0.943 bits per heavy atom. The Labute approximate surface area is 202 Å². The summed E-state index contributed by atoms with van der Waals surface area (Å²) < 4.78 is 11.9. The lowest BCUT2D eigenvalue weighted by Gasteiger charge is -2.31. The Morgan fingerprint density at radius 3 is 2.43 bits per heavy atom. The van der Waals surface area contributed by atoms with Crippen LogP contribution in [0.4, 0.5) is 5.69 Å². The monoisotopic (exact) mass is 467 g/mol. The number of fused-ring (bicyclic) bond motifs is 2. The van der Waals surface area contributed by atoms with Crippen LogP contribution in [0.5, 0.6) is 5.75 Å². The molecule has 6 heteroatoms. The number of carbonyl (C=O) groups excluding carboxylic acids is 2. The first-order chi connectivity index (χ1) is 16.6. The van der Waals surface area contributed by atoms with Crippen LogP contribution < -0.4 is 15.5 Å². The van der Waals surface area contributed by atoms with E-state index in [0.29, 0.717) is 44.9 Å². The molecule has 2 heterocycles. The molecule has 6 nitrogen and oxygen atoms in total. The number of hydrogen-bond donors (Lipinski definition) is 1. The van der Waals surface area contributed by atoms with E-state index in [9.17, 15) is 14.4 Å².